The first-order chi connectivity index (χ1) is 11.2. The first-order valence-electron chi connectivity index (χ1n) is 7.92. The van der Waals surface area contributed by atoms with E-state index in [9.17, 15) is 9.59 Å². The van der Waals surface area contributed by atoms with E-state index in [1.165, 1.54) is 0 Å². The minimum atomic E-state index is -0.521. The van der Waals surface area contributed by atoms with Crippen LogP contribution in [0.5, 0.6) is 0 Å². The number of nitrogens with zero attached hydrogens (tertiary/aromatic N) is 4. The molecule has 2 saturated heterocycles. The van der Waals surface area contributed by atoms with Crippen molar-refractivity contribution >= 4 is 33.9 Å². The van der Waals surface area contributed by atoms with Crippen LogP contribution in [0.2, 0.25) is 0 Å². The van der Waals surface area contributed by atoms with Crippen LogP contribution in [0, 0.1) is 0 Å². The second kappa shape index (κ2) is 6.23. The van der Waals surface area contributed by atoms with Crippen LogP contribution in [0.4, 0.5) is 15.4 Å². The molecule has 3 rings (SSSR count). The third-order valence-electron chi connectivity index (χ3n) is 3.99. The molecule has 130 valence electrons. The summed E-state index contributed by atoms with van der Waals surface area (Å²) in [5.74, 6) is 0.626. The van der Waals surface area contributed by atoms with E-state index in [1.54, 1.807) is 16.0 Å². The lowest BCUT2D eigenvalue weighted by atomic mass is 10.2. The maximum Gasteiger partial charge on any atom is 0.410 e. The zero-order valence-corrected chi connectivity index (χ0v) is 15.6. The molecule has 1 aromatic rings. The van der Waals surface area contributed by atoms with Crippen molar-refractivity contribution in [2.45, 2.75) is 32.4 Å². The molecule has 0 N–H and O–H groups in total. The Morgan fingerprint density at radius 2 is 2.04 bits per heavy atom. The van der Waals surface area contributed by atoms with Crippen molar-refractivity contribution < 1.29 is 14.3 Å². The Balaban J connectivity index is 1.69. The molecule has 2 fully saturated rings. The average Bonchev–Trinajstić information content (AvgIpc) is 2.83. The molecule has 7 nitrogen and oxygen atoms in total. The largest absolute Gasteiger partial charge is 0.444 e. The Hall–Kier alpha value is -1.83. The van der Waals surface area contributed by atoms with Gasteiger partial charge in [0.25, 0.3) is 0 Å². The third-order valence-corrected chi connectivity index (χ3v) is 4.46. The van der Waals surface area contributed by atoms with Gasteiger partial charge in [-0.25, -0.2) is 14.6 Å². The van der Waals surface area contributed by atoms with Crippen LogP contribution in [0.15, 0.2) is 22.8 Å². The summed E-state index contributed by atoms with van der Waals surface area (Å²) in [7, 11) is 0. The number of anilines is 1. The number of pyridine rings is 1. The highest BCUT2D eigenvalue weighted by Crippen LogP contribution is 2.26. The smallest absolute Gasteiger partial charge is 0.410 e. The first kappa shape index (κ1) is 17.0. The molecular formula is C16H21BrN4O3. The van der Waals surface area contributed by atoms with E-state index in [2.05, 4.69) is 20.9 Å². The molecule has 0 spiro atoms. The third kappa shape index (κ3) is 3.48. The molecule has 3 heterocycles. The van der Waals surface area contributed by atoms with Gasteiger partial charge in [-0.05, 0) is 48.8 Å². The monoisotopic (exact) mass is 396 g/mol. The number of fused-ring (bicyclic) bond motifs is 1. The highest BCUT2D eigenvalue weighted by Gasteiger charge is 2.43. The molecule has 1 atom stereocenters. The van der Waals surface area contributed by atoms with Crippen LogP contribution in [-0.4, -0.2) is 64.7 Å². The summed E-state index contributed by atoms with van der Waals surface area (Å²) in [6.07, 6.45) is 1.35. The average molecular weight is 397 g/mol. The van der Waals surface area contributed by atoms with Crippen molar-refractivity contribution in [1.82, 2.24) is 14.8 Å². The van der Waals surface area contributed by atoms with Gasteiger partial charge in [0.2, 0.25) is 0 Å². The molecule has 0 aromatic carbocycles. The quantitative estimate of drug-likeness (QED) is 0.731. The van der Waals surface area contributed by atoms with Gasteiger partial charge in [0, 0.05) is 30.3 Å². The summed E-state index contributed by atoms with van der Waals surface area (Å²) in [6, 6.07) is 3.58. The number of aromatic nitrogens is 1. The van der Waals surface area contributed by atoms with Crippen LogP contribution in [-0.2, 0) is 4.74 Å². The lowest BCUT2D eigenvalue weighted by Crippen LogP contribution is -2.54. The maximum absolute atomic E-state index is 12.6. The summed E-state index contributed by atoms with van der Waals surface area (Å²) in [5, 5.41) is 0. The molecule has 24 heavy (non-hydrogen) atoms. The number of amides is 3. The standard InChI is InChI=1S/C16H21BrN4O3/c1-16(2,3)24-15(23)19-6-7-20-12(9-19)10-21(14(20)22)13-5-4-11(17)8-18-13/h4-5,8,12H,6-7,9-10H2,1-3H3/t12-/m0/s1. The number of rotatable bonds is 1. The van der Waals surface area contributed by atoms with E-state index < -0.39 is 5.60 Å². The number of urea groups is 1. The van der Waals surface area contributed by atoms with E-state index in [4.69, 9.17) is 4.74 Å². The van der Waals surface area contributed by atoms with Crippen molar-refractivity contribution in [3.8, 4) is 0 Å². The minimum absolute atomic E-state index is 0.0378. The highest BCUT2D eigenvalue weighted by molar-refractivity contribution is 9.10. The van der Waals surface area contributed by atoms with Gasteiger partial charge in [-0.1, -0.05) is 0 Å². The van der Waals surface area contributed by atoms with Gasteiger partial charge in [-0.15, -0.1) is 0 Å². The fourth-order valence-electron chi connectivity index (χ4n) is 2.92. The number of hydrogen-bond acceptors (Lipinski definition) is 4. The number of ether oxygens (including phenoxy) is 1. The SMILES string of the molecule is CC(C)(C)OC(=O)N1CCN2C(=O)N(c3ccc(Br)cn3)C[C@@H]2C1. The van der Waals surface area contributed by atoms with Crippen LogP contribution < -0.4 is 4.90 Å². The number of piperazine rings is 1. The summed E-state index contributed by atoms with van der Waals surface area (Å²) < 4.78 is 6.30. The second-order valence-corrected chi connectivity index (χ2v) is 7.92. The number of carbonyl (C=O) groups is 2. The predicted molar refractivity (Wildman–Crippen MR) is 93.0 cm³/mol. The highest BCUT2D eigenvalue weighted by atomic mass is 79.9. The fraction of sp³-hybridized carbons (Fsp3) is 0.562. The Labute approximate surface area is 149 Å². The molecule has 0 aliphatic carbocycles. The van der Waals surface area contributed by atoms with Crippen molar-refractivity contribution in [1.29, 1.82) is 0 Å². The Kier molecular flexibility index (Phi) is 4.42. The van der Waals surface area contributed by atoms with Crippen LogP contribution in [0.1, 0.15) is 20.8 Å². The Morgan fingerprint density at radius 3 is 2.67 bits per heavy atom. The van der Waals surface area contributed by atoms with Crippen LogP contribution in [0.25, 0.3) is 0 Å². The molecular weight excluding hydrogens is 376 g/mol. The normalized spacial score (nSPS) is 21.1. The van der Waals surface area contributed by atoms with Gasteiger partial charge in [-0.2, -0.15) is 0 Å². The summed E-state index contributed by atoms with van der Waals surface area (Å²) >= 11 is 3.34. The van der Waals surface area contributed by atoms with Crippen molar-refractivity contribution in [2.75, 3.05) is 31.1 Å². The topological polar surface area (TPSA) is 66.0 Å². The van der Waals surface area contributed by atoms with Gasteiger partial charge in [0.05, 0.1) is 12.6 Å². The summed E-state index contributed by atoms with van der Waals surface area (Å²) in [6.45, 7) is 7.54. The Morgan fingerprint density at radius 1 is 1.29 bits per heavy atom. The van der Waals surface area contributed by atoms with Crippen LogP contribution in [0.3, 0.4) is 0 Å². The van der Waals surface area contributed by atoms with Crippen molar-refractivity contribution in [2.24, 2.45) is 0 Å². The molecule has 0 radical (unpaired) electrons. The fourth-order valence-corrected chi connectivity index (χ4v) is 3.15. The molecule has 2 aliphatic heterocycles. The van der Waals surface area contributed by atoms with E-state index in [-0.39, 0.29) is 18.2 Å². The predicted octanol–water partition coefficient (Wildman–Crippen LogP) is 2.71. The number of halogens is 1. The van der Waals surface area contributed by atoms with Gasteiger partial charge in [0.15, 0.2) is 0 Å². The van der Waals surface area contributed by atoms with Gasteiger partial charge < -0.3 is 14.5 Å². The van der Waals surface area contributed by atoms with Crippen LogP contribution >= 0.6 is 15.9 Å². The summed E-state index contributed by atoms with van der Waals surface area (Å²) in [4.78, 5) is 34.3. The molecule has 1 aromatic heterocycles. The van der Waals surface area contributed by atoms with Crippen molar-refractivity contribution in [3.63, 3.8) is 0 Å². The first-order valence-corrected chi connectivity index (χ1v) is 8.71. The summed E-state index contributed by atoms with van der Waals surface area (Å²) in [5.41, 5.74) is -0.521. The van der Waals surface area contributed by atoms with E-state index >= 15 is 0 Å². The molecule has 0 unspecified atom stereocenters. The molecule has 8 heteroatoms. The maximum atomic E-state index is 12.6. The Bertz CT molecular complexity index is 644. The van der Waals surface area contributed by atoms with Gasteiger partial charge in [-0.3, -0.25) is 4.90 Å². The number of carbonyl (C=O) groups excluding carboxylic acids is 2. The molecule has 0 saturated carbocycles. The van der Waals surface area contributed by atoms with Gasteiger partial charge in [0.1, 0.15) is 11.4 Å². The molecule has 3 amide bonds. The zero-order valence-electron chi connectivity index (χ0n) is 14.0. The van der Waals surface area contributed by atoms with E-state index in [0.717, 1.165) is 4.47 Å². The van der Waals surface area contributed by atoms with Gasteiger partial charge >= 0.3 is 12.1 Å². The van der Waals surface area contributed by atoms with E-state index in [1.807, 2.05) is 37.8 Å². The minimum Gasteiger partial charge on any atom is -0.444 e. The zero-order chi connectivity index (χ0) is 17.5. The van der Waals surface area contributed by atoms with E-state index in [0.29, 0.717) is 32.0 Å². The number of hydrogen-bond donors (Lipinski definition) is 0. The lowest BCUT2D eigenvalue weighted by molar-refractivity contribution is 0.0128. The molecule has 2 aliphatic rings. The lowest BCUT2D eigenvalue weighted by Gasteiger charge is -2.36. The second-order valence-electron chi connectivity index (χ2n) is 7.00. The van der Waals surface area contributed by atoms with Crippen molar-refractivity contribution in [3.05, 3.63) is 22.8 Å². The molecule has 0 bridgehead atoms.